The van der Waals surface area contributed by atoms with Crippen LogP contribution in [0.15, 0.2) is 55.5 Å². The molecule has 3 heterocycles. The van der Waals surface area contributed by atoms with E-state index < -0.39 is 28.9 Å². The first-order valence-electron chi connectivity index (χ1n) is 13.3. The Bertz CT molecular complexity index is 1710. The van der Waals surface area contributed by atoms with Crippen LogP contribution in [0.25, 0.3) is 10.8 Å². The zero-order valence-corrected chi connectivity index (χ0v) is 23.7. The molecule has 10 nitrogen and oxygen atoms in total. The minimum atomic E-state index is -1.13. The lowest BCUT2D eigenvalue weighted by atomic mass is 9.96. The molecule has 1 unspecified atom stereocenters. The van der Waals surface area contributed by atoms with Gasteiger partial charge in [-0.3, -0.25) is 14.6 Å². The molecule has 1 amide bonds. The van der Waals surface area contributed by atoms with Gasteiger partial charge in [0.2, 0.25) is 11.7 Å². The van der Waals surface area contributed by atoms with Gasteiger partial charge in [-0.1, -0.05) is 6.58 Å². The van der Waals surface area contributed by atoms with E-state index in [1.54, 1.807) is 18.3 Å². The number of carbonyl (C=O) groups is 2. The van der Waals surface area contributed by atoms with Crippen LogP contribution in [0.4, 0.5) is 31.7 Å². The van der Waals surface area contributed by atoms with Crippen LogP contribution in [0, 0.1) is 18.6 Å². The van der Waals surface area contributed by atoms with E-state index in [-0.39, 0.29) is 23.1 Å². The summed E-state index contributed by atoms with van der Waals surface area (Å²) in [6.07, 6.45) is 6.53. The van der Waals surface area contributed by atoms with Crippen LogP contribution >= 0.6 is 0 Å². The number of carbonyl (C=O) groups excluding carboxylic acids is 2. The number of methoxy groups -OCH3 is 2. The van der Waals surface area contributed by atoms with E-state index in [0.717, 1.165) is 17.7 Å². The molecule has 1 aliphatic rings. The second-order valence-electron chi connectivity index (χ2n) is 9.83. The van der Waals surface area contributed by atoms with E-state index in [0.29, 0.717) is 53.3 Å². The van der Waals surface area contributed by atoms with Crippen molar-refractivity contribution < 1.29 is 32.6 Å². The number of ether oxygens (including phenoxy) is 3. The number of aryl methyl sites for hydroxylation is 1. The number of halogens is 2. The third-order valence-electron chi connectivity index (χ3n) is 7.02. The van der Waals surface area contributed by atoms with Gasteiger partial charge in [0.25, 0.3) is 0 Å². The van der Waals surface area contributed by atoms with Crippen LogP contribution < -0.4 is 25.4 Å². The van der Waals surface area contributed by atoms with Gasteiger partial charge in [0.15, 0.2) is 23.1 Å². The monoisotopic (exact) mass is 589 g/mol. The van der Waals surface area contributed by atoms with Gasteiger partial charge in [-0.05, 0) is 48.6 Å². The number of hydrogen-bond acceptors (Lipinski definition) is 9. The zero-order chi connectivity index (χ0) is 30.7. The molecule has 5 rings (SSSR count). The summed E-state index contributed by atoms with van der Waals surface area (Å²) in [6, 6.07) is 5.95. The largest absolute Gasteiger partial charge is 0.494 e. The van der Waals surface area contributed by atoms with Crippen molar-refractivity contribution in [2.24, 2.45) is 0 Å². The molecular formula is C31H29F2N5O5. The summed E-state index contributed by atoms with van der Waals surface area (Å²) < 4.78 is 46.2. The molecule has 0 saturated carbocycles. The van der Waals surface area contributed by atoms with Crippen LogP contribution in [0.1, 0.15) is 27.9 Å². The van der Waals surface area contributed by atoms with Gasteiger partial charge in [0.05, 0.1) is 44.4 Å². The first-order chi connectivity index (χ1) is 20.7. The van der Waals surface area contributed by atoms with E-state index in [2.05, 4.69) is 32.5 Å². The Kier molecular flexibility index (Phi) is 8.48. The number of benzene rings is 2. The quantitative estimate of drug-likeness (QED) is 0.162. The summed E-state index contributed by atoms with van der Waals surface area (Å²) >= 11 is 0. The standard InChI is InChI=1S/C31H29F2N5O5/c1-5-26(39)37-22-14-34-12-16(2)30(22)38-25-10-17-9-21(36-19-6-7-43-15-19)20(8-18(17)13-35-25)31(40)27-28(32)23(41-3)11-24(42-4)29(27)33/h5,8-14,19,36H,1,6-7,15H2,2-4H3,(H,37,39)(H,34,35,38). The van der Waals surface area contributed by atoms with Crippen molar-refractivity contribution in [3.8, 4) is 11.5 Å². The van der Waals surface area contributed by atoms with Crippen molar-refractivity contribution in [1.82, 2.24) is 9.97 Å². The number of pyridine rings is 2. The third-order valence-corrected chi connectivity index (χ3v) is 7.02. The molecule has 0 bridgehead atoms. The number of amides is 1. The van der Waals surface area contributed by atoms with Crippen LogP contribution in [0.2, 0.25) is 0 Å². The maximum atomic E-state index is 15.3. The SMILES string of the molecule is C=CC(=O)Nc1cncc(C)c1Nc1cc2cc(NC3CCOC3)c(C(=O)c3c(F)c(OC)cc(OC)c3F)cc2cn1. The summed E-state index contributed by atoms with van der Waals surface area (Å²) in [5, 5.41) is 10.5. The summed E-state index contributed by atoms with van der Waals surface area (Å²) in [5.41, 5.74) is 1.39. The Hall–Kier alpha value is -5.10. The Labute approximate surface area is 246 Å². The van der Waals surface area contributed by atoms with Gasteiger partial charge in [0.1, 0.15) is 11.4 Å². The Morgan fingerprint density at radius 3 is 2.42 bits per heavy atom. The van der Waals surface area contributed by atoms with Crippen molar-refractivity contribution in [3.05, 3.63) is 83.8 Å². The van der Waals surface area contributed by atoms with E-state index in [9.17, 15) is 9.59 Å². The van der Waals surface area contributed by atoms with E-state index in [1.165, 1.54) is 32.7 Å². The van der Waals surface area contributed by atoms with E-state index in [1.807, 2.05) is 6.92 Å². The third kappa shape index (κ3) is 5.95. The van der Waals surface area contributed by atoms with Gasteiger partial charge < -0.3 is 30.2 Å². The highest BCUT2D eigenvalue weighted by Crippen LogP contribution is 2.36. The molecule has 222 valence electrons. The van der Waals surface area contributed by atoms with Crippen LogP contribution in [-0.2, 0) is 9.53 Å². The predicted molar refractivity (Wildman–Crippen MR) is 159 cm³/mol. The number of anilines is 4. The van der Waals surface area contributed by atoms with Gasteiger partial charge in [-0.2, -0.15) is 0 Å². The average Bonchev–Trinajstić information content (AvgIpc) is 3.51. The van der Waals surface area contributed by atoms with Gasteiger partial charge in [-0.15, -0.1) is 0 Å². The number of ketones is 1. The lowest BCUT2D eigenvalue weighted by Crippen LogP contribution is -2.21. The molecular weight excluding hydrogens is 560 g/mol. The second-order valence-corrected chi connectivity index (χ2v) is 9.83. The van der Waals surface area contributed by atoms with Crippen molar-refractivity contribution >= 4 is 45.3 Å². The number of rotatable bonds is 10. The smallest absolute Gasteiger partial charge is 0.247 e. The minimum Gasteiger partial charge on any atom is -0.494 e. The molecule has 3 N–H and O–H groups in total. The number of hydrogen-bond donors (Lipinski definition) is 3. The van der Waals surface area contributed by atoms with E-state index >= 15 is 8.78 Å². The zero-order valence-electron chi connectivity index (χ0n) is 23.7. The summed E-state index contributed by atoms with van der Waals surface area (Å²) in [5.74, 6) is -3.77. The Morgan fingerprint density at radius 2 is 1.77 bits per heavy atom. The Morgan fingerprint density at radius 1 is 1.02 bits per heavy atom. The molecule has 0 radical (unpaired) electrons. The number of nitrogens with one attached hydrogen (secondary N) is 3. The fourth-order valence-corrected chi connectivity index (χ4v) is 4.79. The predicted octanol–water partition coefficient (Wildman–Crippen LogP) is 5.53. The first kappa shape index (κ1) is 29.4. The highest BCUT2D eigenvalue weighted by molar-refractivity contribution is 6.15. The van der Waals surface area contributed by atoms with E-state index in [4.69, 9.17) is 14.2 Å². The fourth-order valence-electron chi connectivity index (χ4n) is 4.79. The van der Waals surface area contributed by atoms with Gasteiger partial charge in [0, 0.05) is 41.7 Å². The summed E-state index contributed by atoms with van der Waals surface area (Å²) in [7, 11) is 2.43. The molecule has 43 heavy (non-hydrogen) atoms. The number of nitrogens with zero attached hydrogens (tertiary/aromatic N) is 2. The minimum absolute atomic E-state index is 0.0365. The van der Waals surface area contributed by atoms with Crippen LogP contribution in [0.5, 0.6) is 11.5 Å². The molecule has 1 fully saturated rings. The first-order valence-corrected chi connectivity index (χ1v) is 13.3. The molecule has 1 aliphatic heterocycles. The normalized spacial score (nSPS) is 14.3. The molecule has 1 atom stereocenters. The lowest BCUT2D eigenvalue weighted by molar-refractivity contribution is -0.111. The van der Waals surface area contributed by atoms with Crippen molar-refractivity contribution in [2.45, 2.75) is 19.4 Å². The Balaban J connectivity index is 1.59. The maximum absolute atomic E-state index is 15.3. The van der Waals surface area contributed by atoms with Crippen LogP contribution in [0.3, 0.4) is 0 Å². The summed E-state index contributed by atoms with van der Waals surface area (Å²) in [4.78, 5) is 34.4. The van der Waals surface area contributed by atoms with Crippen molar-refractivity contribution in [2.75, 3.05) is 43.4 Å². The highest BCUT2D eigenvalue weighted by Gasteiger charge is 2.29. The number of fused-ring (bicyclic) bond motifs is 1. The van der Waals surface area contributed by atoms with Crippen LogP contribution in [-0.4, -0.2) is 55.1 Å². The highest BCUT2D eigenvalue weighted by atomic mass is 19.1. The fraction of sp³-hybridized carbons (Fsp3) is 0.226. The number of aromatic nitrogens is 2. The molecule has 4 aromatic rings. The molecule has 2 aromatic heterocycles. The topological polar surface area (TPSA) is 124 Å². The average molecular weight is 590 g/mol. The second kappa shape index (κ2) is 12.4. The molecule has 1 saturated heterocycles. The van der Waals surface area contributed by atoms with Crippen molar-refractivity contribution in [3.63, 3.8) is 0 Å². The lowest BCUT2D eigenvalue weighted by Gasteiger charge is -2.19. The molecule has 12 heteroatoms. The summed E-state index contributed by atoms with van der Waals surface area (Å²) in [6.45, 7) is 6.26. The molecule has 0 spiro atoms. The maximum Gasteiger partial charge on any atom is 0.247 e. The van der Waals surface area contributed by atoms with Crippen molar-refractivity contribution in [1.29, 1.82) is 0 Å². The molecule has 0 aliphatic carbocycles. The van der Waals surface area contributed by atoms with Gasteiger partial charge >= 0.3 is 0 Å². The van der Waals surface area contributed by atoms with Gasteiger partial charge in [-0.25, -0.2) is 13.8 Å². The molecule has 2 aromatic carbocycles.